The van der Waals surface area contributed by atoms with Crippen LogP contribution < -0.4 is 10.6 Å². The summed E-state index contributed by atoms with van der Waals surface area (Å²) < 4.78 is 0. The van der Waals surface area contributed by atoms with Gasteiger partial charge in [0.15, 0.2) is 5.82 Å². The van der Waals surface area contributed by atoms with Crippen molar-refractivity contribution in [2.75, 3.05) is 24.5 Å². The molecule has 1 aromatic rings. The lowest BCUT2D eigenvalue weighted by Gasteiger charge is -2.32. The van der Waals surface area contributed by atoms with Crippen LogP contribution in [0.5, 0.6) is 0 Å². The molecule has 1 aliphatic heterocycles. The molecule has 4 nitrogen and oxygen atoms in total. The summed E-state index contributed by atoms with van der Waals surface area (Å²) in [7, 11) is 0. The summed E-state index contributed by atoms with van der Waals surface area (Å²) in [4.78, 5) is 2.27. The highest BCUT2D eigenvalue weighted by molar-refractivity contribution is 5.36. The SMILES string of the molecule is NCC1CCCN(c2cccnn2)C1. The van der Waals surface area contributed by atoms with Crippen molar-refractivity contribution in [1.29, 1.82) is 0 Å². The molecule has 0 radical (unpaired) electrons. The second-order valence-corrected chi connectivity index (χ2v) is 3.77. The Balaban J connectivity index is 2.04. The Kier molecular flexibility index (Phi) is 2.93. The lowest BCUT2D eigenvalue weighted by molar-refractivity contribution is 0.421. The summed E-state index contributed by atoms with van der Waals surface area (Å²) in [6.07, 6.45) is 4.15. The van der Waals surface area contributed by atoms with E-state index in [-0.39, 0.29) is 0 Å². The van der Waals surface area contributed by atoms with Crippen LogP contribution in [0.25, 0.3) is 0 Å². The van der Waals surface area contributed by atoms with E-state index in [1.54, 1.807) is 6.20 Å². The normalized spacial score (nSPS) is 22.4. The number of anilines is 1. The molecule has 0 amide bonds. The maximum Gasteiger partial charge on any atom is 0.151 e. The highest BCUT2D eigenvalue weighted by atomic mass is 15.3. The zero-order chi connectivity index (χ0) is 9.80. The van der Waals surface area contributed by atoms with Crippen LogP contribution >= 0.6 is 0 Å². The van der Waals surface area contributed by atoms with Crippen molar-refractivity contribution in [2.45, 2.75) is 12.8 Å². The summed E-state index contributed by atoms with van der Waals surface area (Å²) in [6.45, 7) is 2.88. The van der Waals surface area contributed by atoms with Crippen LogP contribution in [0.4, 0.5) is 5.82 Å². The minimum atomic E-state index is 0.616. The standard InChI is InChI=1S/C10H16N4/c11-7-9-3-2-6-14(8-9)10-4-1-5-12-13-10/h1,4-5,9H,2-3,6-8,11H2. The second kappa shape index (κ2) is 4.37. The fraction of sp³-hybridized carbons (Fsp3) is 0.600. The second-order valence-electron chi connectivity index (χ2n) is 3.77. The average Bonchev–Trinajstić information content (AvgIpc) is 2.30. The van der Waals surface area contributed by atoms with Crippen molar-refractivity contribution in [3.05, 3.63) is 18.3 Å². The highest BCUT2D eigenvalue weighted by Crippen LogP contribution is 2.19. The molecule has 1 fully saturated rings. The first-order chi connectivity index (χ1) is 6.90. The zero-order valence-corrected chi connectivity index (χ0v) is 8.26. The van der Waals surface area contributed by atoms with Crippen LogP contribution in [-0.4, -0.2) is 29.8 Å². The molecule has 0 aliphatic carbocycles. The molecule has 1 saturated heterocycles. The summed E-state index contributed by atoms with van der Waals surface area (Å²) in [5.41, 5.74) is 5.68. The fourth-order valence-electron chi connectivity index (χ4n) is 1.93. The van der Waals surface area contributed by atoms with Gasteiger partial charge in [0, 0.05) is 19.3 Å². The maximum atomic E-state index is 5.68. The van der Waals surface area contributed by atoms with Crippen molar-refractivity contribution in [2.24, 2.45) is 11.7 Å². The minimum Gasteiger partial charge on any atom is -0.355 e. The molecule has 0 saturated carbocycles. The zero-order valence-electron chi connectivity index (χ0n) is 8.26. The molecule has 0 aromatic carbocycles. The Morgan fingerprint density at radius 3 is 3.21 bits per heavy atom. The van der Waals surface area contributed by atoms with Gasteiger partial charge in [0.1, 0.15) is 0 Å². The van der Waals surface area contributed by atoms with Gasteiger partial charge in [0.25, 0.3) is 0 Å². The van der Waals surface area contributed by atoms with Gasteiger partial charge in [0.05, 0.1) is 0 Å². The summed E-state index contributed by atoms with van der Waals surface area (Å²) >= 11 is 0. The Labute approximate surface area is 84.1 Å². The molecule has 4 heteroatoms. The van der Waals surface area contributed by atoms with E-state index in [2.05, 4.69) is 15.1 Å². The van der Waals surface area contributed by atoms with Crippen molar-refractivity contribution < 1.29 is 0 Å². The third-order valence-corrected chi connectivity index (χ3v) is 2.73. The monoisotopic (exact) mass is 192 g/mol. The third kappa shape index (κ3) is 2.01. The predicted molar refractivity (Wildman–Crippen MR) is 56.0 cm³/mol. The number of hydrogen-bond donors (Lipinski definition) is 1. The Bertz CT molecular complexity index is 275. The average molecular weight is 192 g/mol. The van der Waals surface area contributed by atoms with Gasteiger partial charge in [-0.3, -0.25) is 0 Å². The molecule has 0 bridgehead atoms. The molecule has 1 atom stereocenters. The maximum absolute atomic E-state index is 5.68. The van der Waals surface area contributed by atoms with Gasteiger partial charge in [-0.05, 0) is 37.4 Å². The van der Waals surface area contributed by atoms with Crippen LogP contribution in [0.15, 0.2) is 18.3 Å². The molecule has 14 heavy (non-hydrogen) atoms. The van der Waals surface area contributed by atoms with Gasteiger partial charge in [-0.25, -0.2) is 0 Å². The van der Waals surface area contributed by atoms with Gasteiger partial charge in [-0.1, -0.05) is 0 Å². The third-order valence-electron chi connectivity index (χ3n) is 2.73. The number of aromatic nitrogens is 2. The molecule has 0 spiro atoms. The summed E-state index contributed by atoms with van der Waals surface area (Å²) in [6, 6.07) is 3.93. The van der Waals surface area contributed by atoms with Crippen molar-refractivity contribution in [3.8, 4) is 0 Å². The molecule has 2 heterocycles. The van der Waals surface area contributed by atoms with E-state index in [0.29, 0.717) is 5.92 Å². The number of nitrogens with zero attached hydrogens (tertiary/aromatic N) is 3. The van der Waals surface area contributed by atoms with E-state index in [1.165, 1.54) is 12.8 Å². The molecule has 76 valence electrons. The largest absolute Gasteiger partial charge is 0.355 e. The van der Waals surface area contributed by atoms with E-state index in [9.17, 15) is 0 Å². The van der Waals surface area contributed by atoms with Crippen molar-refractivity contribution >= 4 is 5.82 Å². The van der Waals surface area contributed by atoms with Crippen molar-refractivity contribution in [1.82, 2.24) is 10.2 Å². The number of hydrogen-bond acceptors (Lipinski definition) is 4. The molecular weight excluding hydrogens is 176 g/mol. The summed E-state index contributed by atoms with van der Waals surface area (Å²) in [5.74, 6) is 1.59. The molecular formula is C10H16N4. The lowest BCUT2D eigenvalue weighted by atomic mass is 9.98. The fourth-order valence-corrected chi connectivity index (χ4v) is 1.93. The molecule has 2 rings (SSSR count). The van der Waals surface area contributed by atoms with Crippen LogP contribution in [0.2, 0.25) is 0 Å². The van der Waals surface area contributed by atoms with Crippen LogP contribution in [0.3, 0.4) is 0 Å². The van der Waals surface area contributed by atoms with Crippen molar-refractivity contribution in [3.63, 3.8) is 0 Å². The molecule has 2 N–H and O–H groups in total. The Hall–Kier alpha value is -1.16. The quantitative estimate of drug-likeness (QED) is 0.747. The van der Waals surface area contributed by atoms with Gasteiger partial charge in [-0.2, -0.15) is 5.10 Å². The Morgan fingerprint density at radius 2 is 2.50 bits per heavy atom. The first kappa shape index (κ1) is 9.40. The first-order valence-electron chi connectivity index (χ1n) is 5.13. The van der Waals surface area contributed by atoms with E-state index in [0.717, 1.165) is 25.5 Å². The van der Waals surface area contributed by atoms with Gasteiger partial charge < -0.3 is 10.6 Å². The molecule has 1 aromatic heterocycles. The van der Waals surface area contributed by atoms with Gasteiger partial charge in [-0.15, -0.1) is 5.10 Å². The van der Waals surface area contributed by atoms with E-state index < -0.39 is 0 Å². The van der Waals surface area contributed by atoms with Crippen LogP contribution in [0, 0.1) is 5.92 Å². The van der Waals surface area contributed by atoms with E-state index in [4.69, 9.17) is 5.73 Å². The Morgan fingerprint density at radius 1 is 1.57 bits per heavy atom. The van der Waals surface area contributed by atoms with Gasteiger partial charge >= 0.3 is 0 Å². The van der Waals surface area contributed by atoms with Crippen LogP contribution in [0.1, 0.15) is 12.8 Å². The smallest absolute Gasteiger partial charge is 0.151 e. The number of nitrogens with two attached hydrogens (primary N) is 1. The topological polar surface area (TPSA) is 55.0 Å². The van der Waals surface area contributed by atoms with Crippen LogP contribution in [-0.2, 0) is 0 Å². The number of rotatable bonds is 2. The van der Waals surface area contributed by atoms with E-state index in [1.807, 2.05) is 12.1 Å². The number of piperidine rings is 1. The van der Waals surface area contributed by atoms with Gasteiger partial charge in [0.2, 0.25) is 0 Å². The highest BCUT2D eigenvalue weighted by Gasteiger charge is 2.19. The minimum absolute atomic E-state index is 0.616. The predicted octanol–water partition coefficient (Wildman–Crippen LogP) is 0.652. The van der Waals surface area contributed by atoms with E-state index >= 15 is 0 Å². The molecule has 1 unspecified atom stereocenters. The molecule has 1 aliphatic rings. The summed E-state index contributed by atoms with van der Waals surface area (Å²) in [5, 5.41) is 7.99. The lowest BCUT2D eigenvalue weighted by Crippen LogP contribution is -2.38. The first-order valence-corrected chi connectivity index (χ1v) is 5.13.